The molecule has 188 valence electrons. The van der Waals surface area contributed by atoms with Gasteiger partial charge in [-0.3, -0.25) is 10.2 Å². The number of rotatable bonds is 11. The summed E-state index contributed by atoms with van der Waals surface area (Å²) in [6.45, 7) is 2.83. The van der Waals surface area contributed by atoms with Crippen molar-refractivity contribution in [3.8, 4) is 5.75 Å². The van der Waals surface area contributed by atoms with Crippen molar-refractivity contribution in [3.05, 3.63) is 101 Å². The molecule has 1 aliphatic rings. The van der Waals surface area contributed by atoms with Gasteiger partial charge in [0.15, 0.2) is 5.54 Å². The number of hydrogen-bond acceptors (Lipinski definition) is 6. The van der Waals surface area contributed by atoms with E-state index in [1.807, 2.05) is 85.8 Å². The predicted molar refractivity (Wildman–Crippen MR) is 140 cm³/mol. The van der Waals surface area contributed by atoms with Crippen molar-refractivity contribution in [2.75, 3.05) is 13.2 Å². The van der Waals surface area contributed by atoms with Crippen molar-refractivity contribution < 1.29 is 19.4 Å². The highest BCUT2D eigenvalue weighted by molar-refractivity contribution is 6.30. The molecule has 0 aliphatic carbocycles. The van der Waals surface area contributed by atoms with E-state index in [1.54, 1.807) is 0 Å². The lowest BCUT2D eigenvalue weighted by Gasteiger charge is -2.28. The molecule has 3 aromatic rings. The lowest BCUT2D eigenvalue weighted by Crippen LogP contribution is -2.55. The Morgan fingerprint density at radius 1 is 1.06 bits per heavy atom. The first-order chi connectivity index (χ1) is 17.5. The molecule has 1 amide bonds. The topological polar surface area (TPSA) is 92.2 Å². The van der Waals surface area contributed by atoms with Crippen LogP contribution in [0.5, 0.6) is 5.75 Å². The van der Waals surface area contributed by atoms with Crippen molar-refractivity contribution in [1.29, 1.82) is 0 Å². The largest absolute Gasteiger partial charge is 0.494 e. The van der Waals surface area contributed by atoms with Crippen LogP contribution in [0.1, 0.15) is 30.0 Å². The zero-order valence-corrected chi connectivity index (χ0v) is 20.9. The Balaban J connectivity index is 1.53. The van der Waals surface area contributed by atoms with E-state index in [0.29, 0.717) is 42.7 Å². The van der Waals surface area contributed by atoms with Crippen molar-refractivity contribution in [2.24, 2.45) is 4.99 Å². The lowest BCUT2D eigenvalue weighted by molar-refractivity contribution is -0.129. The summed E-state index contributed by atoms with van der Waals surface area (Å²) in [6.07, 6.45) is 0.457. The third-order valence-electron chi connectivity index (χ3n) is 6.05. The summed E-state index contributed by atoms with van der Waals surface area (Å²) in [5, 5.41) is 9.58. The average Bonchev–Trinajstić information content (AvgIpc) is 3.23. The first-order valence-corrected chi connectivity index (χ1v) is 12.3. The Bertz CT molecular complexity index is 1170. The number of nitrogens with zero attached hydrogens (tertiary/aromatic N) is 1. The van der Waals surface area contributed by atoms with E-state index in [0.717, 1.165) is 16.7 Å². The minimum absolute atomic E-state index is 0.0841. The number of benzene rings is 3. The SMILES string of the molecule is C[C@@H]1OC(c2ccc(OCCCO)cc2)=N[C@]1(Cc1ccccc1)C(=O)NNCc1ccc(Cl)cc1. The summed E-state index contributed by atoms with van der Waals surface area (Å²) >= 11 is 5.96. The second kappa shape index (κ2) is 12.0. The standard InChI is InChI=1S/C28H30ClN3O4/c1-20-28(18-21-6-3-2-4-7-21,27(34)32-30-19-22-8-12-24(29)13-9-22)31-26(36-20)23-10-14-25(15-11-23)35-17-5-16-33/h2-4,6-15,20,30,33H,5,16-19H2,1H3,(H,32,34)/t20-,28-/m0/s1. The van der Waals surface area contributed by atoms with Crippen LogP contribution in [0, 0.1) is 0 Å². The highest BCUT2D eigenvalue weighted by Crippen LogP contribution is 2.32. The van der Waals surface area contributed by atoms with Gasteiger partial charge in [0.2, 0.25) is 5.90 Å². The Labute approximate surface area is 216 Å². The van der Waals surface area contributed by atoms with Crippen LogP contribution in [0.15, 0.2) is 83.9 Å². The lowest BCUT2D eigenvalue weighted by atomic mass is 9.86. The molecule has 2 atom stereocenters. The van der Waals surface area contributed by atoms with Crippen LogP contribution >= 0.6 is 11.6 Å². The number of halogens is 1. The Morgan fingerprint density at radius 3 is 2.47 bits per heavy atom. The molecule has 0 fully saturated rings. The van der Waals surface area contributed by atoms with Gasteiger partial charge in [0.05, 0.1) is 6.61 Å². The summed E-state index contributed by atoms with van der Waals surface area (Å²) < 4.78 is 11.8. The second-order valence-corrected chi connectivity index (χ2v) is 9.08. The monoisotopic (exact) mass is 507 g/mol. The van der Waals surface area contributed by atoms with Crippen LogP contribution in [0.2, 0.25) is 5.02 Å². The summed E-state index contributed by atoms with van der Waals surface area (Å²) in [5.41, 5.74) is 7.43. The third-order valence-corrected chi connectivity index (χ3v) is 6.30. The number of carbonyl (C=O) groups is 1. The molecule has 0 aromatic heterocycles. The van der Waals surface area contributed by atoms with E-state index in [9.17, 15) is 4.79 Å². The molecule has 0 radical (unpaired) electrons. The van der Waals surface area contributed by atoms with Crippen molar-refractivity contribution in [1.82, 2.24) is 10.9 Å². The number of ether oxygens (including phenoxy) is 2. The smallest absolute Gasteiger partial charge is 0.266 e. The average molecular weight is 508 g/mol. The van der Waals surface area contributed by atoms with Crippen LogP contribution in [0.25, 0.3) is 0 Å². The quantitative estimate of drug-likeness (QED) is 0.269. The summed E-state index contributed by atoms with van der Waals surface area (Å²) in [5.74, 6) is 0.832. The molecule has 1 aliphatic heterocycles. The fraction of sp³-hybridized carbons (Fsp3) is 0.286. The molecule has 3 N–H and O–H groups in total. The summed E-state index contributed by atoms with van der Waals surface area (Å²) in [6, 6.07) is 24.6. The van der Waals surface area contributed by atoms with E-state index in [-0.39, 0.29) is 12.5 Å². The Morgan fingerprint density at radius 2 is 1.78 bits per heavy atom. The number of carbonyl (C=O) groups excluding carboxylic acids is 1. The molecule has 36 heavy (non-hydrogen) atoms. The maximum atomic E-state index is 13.6. The highest BCUT2D eigenvalue weighted by Gasteiger charge is 2.50. The van der Waals surface area contributed by atoms with E-state index in [1.165, 1.54) is 0 Å². The van der Waals surface area contributed by atoms with Gasteiger partial charge in [-0.15, -0.1) is 0 Å². The molecular weight excluding hydrogens is 478 g/mol. The minimum atomic E-state index is -1.15. The predicted octanol–water partition coefficient (Wildman–Crippen LogP) is 4.07. The maximum absolute atomic E-state index is 13.6. The van der Waals surface area contributed by atoms with Crippen molar-refractivity contribution in [2.45, 2.75) is 38.0 Å². The fourth-order valence-electron chi connectivity index (χ4n) is 3.99. The Hall–Kier alpha value is -3.39. The molecule has 0 saturated carbocycles. The van der Waals surface area contributed by atoms with Crippen LogP contribution in [0.3, 0.4) is 0 Å². The fourth-order valence-corrected chi connectivity index (χ4v) is 4.11. The van der Waals surface area contributed by atoms with Gasteiger partial charge in [0, 0.05) is 36.6 Å². The van der Waals surface area contributed by atoms with E-state index in [2.05, 4.69) is 10.9 Å². The molecule has 4 rings (SSSR count). The van der Waals surface area contributed by atoms with E-state index in [4.69, 9.17) is 31.2 Å². The van der Waals surface area contributed by atoms with E-state index >= 15 is 0 Å². The number of aliphatic hydroxyl groups excluding tert-OH is 1. The second-order valence-electron chi connectivity index (χ2n) is 8.65. The van der Waals surface area contributed by atoms with Gasteiger partial charge in [0.1, 0.15) is 11.9 Å². The molecule has 0 unspecified atom stereocenters. The van der Waals surface area contributed by atoms with Crippen molar-refractivity contribution >= 4 is 23.4 Å². The van der Waals surface area contributed by atoms with Gasteiger partial charge in [-0.25, -0.2) is 10.4 Å². The van der Waals surface area contributed by atoms with Crippen LogP contribution in [0.4, 0.5) is 0 Å². The molecule has 7 nitrogen and oxygen atoms in total. The zero-order valence-electron chi connectivity index (χ0n) is 20.1. The molecular formula is C28H30ClN3O4. The molecule has 1 heterocycles. The number of hydrogen-bond donors (Lipinski definition) is 3. The van der Waals surface area contributed by atoms with Gasteiger partial charge in [-0.2, -0.15) is 0 Å². The van der Waals surface area contributed by atoms with Crippen LogP contribution in [-0.4, -0.2) is 41.8 Å². The maximum Gasteiger partial charge on any atom is 0.266 e. The number of aliphatic hydroxyl groups is 1. The van der Waals surface area contributed by atoms with Gasteiger partial charge < -0.3 is 14.6 Å². The molecule has 3 aromatic carbocycles. The molecule has 8 heteroatoms. The molecule has 0 bridgehead atoms. The number of nitrogens with one attached hydrogen (secondary N) is 2. The Kier molecular flexibility index (Phi) is 8.59. The minimum Gasteiger partial charge on any atom is -0.494 e. The van der Waals surface area contributed by atoms with Gasteiger partial charge in [-0.05, 0) is 54.4 Å². The normalized spacial score (nSPS) is 18.9. The number of amides is 1. The van der Waals surface area contributed by atoms with Crippen molar-refractivity contribution in [3.63, 3.8) is 0 Å². The van der Waals surface area contributed by atoms with E-state index < -0.39 is 11.6 Å². The summed E-state index contributed by atoms with van der Waals surface area (Å²) in [4.78, 5) is 18.4. The van der Waals surface area contributed by atoms with Gasteiger partial charge in [-0.1, -0.05) is 54.1 Å². The zero-order chi connectivity index (χ0) is 25.4. The first kappa shape index (κ1) is 25.7. The van der Waals surface area contributed by atoms with Gasteiger partial charge in [0.25, 0.3) is 5.91 Å². The molecule has 0 saturated heterocycles. The highest BCUT2D eigenvalue weighted by atomic mass is 35.5. The molecule has 0 spiro atoms. The number of aliphatic imine (C=N–C) groups is 1. The van der Waals surface area contributed by atoms with Gasteiger partial charge >= 0.3 is 0 Å². The summed E-state index contributed by atoms with van der Waals surface area (Å²) in [7, 11) is 0. The first-order valence-electron chi connectivity index (χ1n) is 11.9. The number of hydrazine groups is 1. The third kappa shape index (κ3) is 6.23. The van der Waals surface area contributed by atoms with Crippen LogP contribution in [-0.2, 0) is 22.5 Å². The van der Waals surface area contributed by atoms with Crippen LogP contribution < -0.4 is 15.6 Å².